The number of benzene rings is 3. The molecule has 28 heavy (non-hydrogen) atoms. The van der Waals surface area contributed by atoms with E-state index in [2.05, 4.69) is 10.1 Å². The van der Waals surface area contributed by atoms with Gasteiger partial charge in [-0.25, -0.2) is 0 Å². The van der Waals surface area contributed by atoms with Crippen molar-refractivity contribution in [1.29, 1.82) is 0 Å². The van der Waals surface area contributed by atoms with Crippen molar-refractivity contribution in [1.82, 2.24) is 10.1 Å². The van der Waals surface area contributed by atoms with E-state index >= 15 is 0 Å². The van der Waals surface area contributed by atoms with E-state index < -0.39 is 11.7 Å². The van der Waals surface area contributed by atoms with Gasteiger partial charge in [0, 0.05) is 11.1 Å². The summed E-state index contributed by atoms with van der Waals surface area (Å²) >= 11 is 0. The molecule has 1 heterocycles. The van der Waals surface area contributed by atoms with E-state index in [0.29, 0.717) is 28.4 Å². The van der Waals surface area contributed by atoms with Crippen molar-refractivity contribution in [2.45, 2.75) is 13.1 Å². The lowest BCUT2D eigenvalue weighted by molar-refractivity contribution is -0.137. The summed E-state index contributed by atoms with van der Waals surface area (Å²) in [4.78, 5) is 4.39. The van der Waals surface area contributed by atoms with Crippen molar-refractivity contribution < 1.29 is 17.7 Å². The van der Waals surface area contributed by atoms with Crippen LogP contribution in [0.5, 0.6) is 0 Å². The van der Waals surface area contributed by atoms with Crippen LogP contribution in [0, 0.1) is 6.92 Å². The molecule has 3 nitrogen and oxygen atoms in total. The molecule has 0 bridgehead atoms. The van der Waals surface area contributed by atoms with Gasteiger partial charge in [0.15, 0.2) is 0 Å². The predicted octanol–water partition coefficient (Wildman–Crippen LogP) is 6.40. The summed E-state index contributed by atoms with van der Waals surface area (Å²) in [6, 6.07) is 20.0. The first kappa shape index (κ1) is 18.0. The summed E-state index contributed by atoms with van der Waals surface area (Å²) in [6.07, 6.45) is -4.42. The summed E-state index contributed by atoms with van der Waals surface area (Å²) in [5, 5.41) is 3.98. The van der Waals surface area contributed by atoms with Gasteiger partial charge >= 0.3 is 6.18 Å². The molecule has 0 N–H and O–H groups in total. The van der Waals surface area contributed by atoms with Crippen LogP contribution >= 0.6 is 0 Å². The fraction of sp³-hybridized carbons (Fsp3) is 0.0909. The highest BCUT2D eigenvalue weighted by Gasteiger charge is 2.33. The maximum Gasteiger partial charge on any atom is 0.417 e. The number of rotatable bonds is 3. The summed E-state index contributed by atoms with van der Waals surface area (Å²) in [7, 11) is 0. The first-order valence-corrected chi connectivity index (χ1v) is 8.60. The molecular weight excluding hydrogens is 365 g/mol. The third-order valence-corrected chi connectivity index (χ3v) is 4.45. The molecule has 3 aromatic carbocycles. The van der Waals surface area contributed by atoms with Crippen molar-refractivity contribution in [3.63, 3.8) is 0 Å². The van der Waals surface area contributed by atoms with Gasteiger partial charge in [-0.2, -0.15) is 18.2 Å². The smallest absolute Gasteiger partial charge is 0.334 e. The van der Waals surface area contributed by atoms with Gasteiger partial charge < -0.3 is 4.52 Å². The van der Waals surface area contributed by atoms with Crippen LogP contribution in [0.1, 0.15) is 11.1 Å². The summed E-state index contributed by atoms with van der Waals surface area (Å²) in [5.74, 6) is 0.775. The van der Waals surface area contributed by atoms with Crippen LogP contribution in [0.2, 0.25) is 0 Å². The molecule has 0 fully saturated rings. The maximum absolute atomic E-state index is 13.3. The van der Waals surface area contributed by atoms with Crippen LogP contribution in [0.3, 0.4) is 0 Å². The number of nitrogens with zero attached hydrogens (tertiary/aromatic N) is 2. The Bertz CT molecular complexity index is 1120. The maximum atomic E-state index is 13.3. The Morgan fingerprint density at radius 1 is 0.786 bits per heavy atom. The van der Waals surface area contributed by atoms with Gasteiger partial charge in [0.2, 0.25) is 5.82 Å². The molecule has 0 aliphatic rings. The van der Waals surface area contributed by atoms with Crippen LogP contribution in [0.25, 0.3) is 34.0 Å². The third-order valence-electron chi connectivity index (χ3n) is 4.45. The zero-order valence-electron chi connectivity index (χ0n) is 14.9. The first-order valence-electron chi connectivity index (χ1n) is 8.60. The van der Waals surface area contributed by atoms with Gasteiger partial charge in [0.05, 0.1) is 5.56 Å². The van der Waals surface area contributed by atoms with Crippen molar-refractivity contribution in [3.05, 3.63) is 83.9 Å². The average molecular weight is 380 g/mol. The van der Waals surface area contributed by atoms with E-state index in [1.54, 1.807) is 31.2 Å². The minimum atomic E-state index is -4.42. The van der Waals surface area contributed by atoms with Crippen molar-refractivity contribution in [2.24, 2.45) is 0 Å². The molecule has 0 radical (unpaired) electrons. The molecule has 0 atom stereocenters. The second kappa shape index (κ2) is 6.96. The number of aromatic nitrogens is 2. The SMILES string of the molecule is Cc1cc(-c2nc(-c3ccccc3)no2)ccc1-c1ccccc1C(F)(F)F. The fourth-order valence-electron chi connectivity index (χ4n) is 3.11. The molecule has 0 saturated carbocycles. The first-order chi connectivity index (χ1) is 13.4. The molecule has 6 heteroatoms. The lowest BCUT2D eigenvalue weighted by atomic mass is 9.94. The molecular formula is C22H15F3N2O. The van der Waals surface area contributed by atoms with Crippen molar-refractivity contribution >= 4 is 0 Å². The minimum Gasteiger partial charge on any atom is -0.334 e. The number of aryl methyl sites for hydroxylation is 1. The topological polar surface area (TPSA) is 38.9 Å². The van der Waals surface area contributed by atoms with E-state index in [4.69, 9.17) is 4.52 Å². The normalized spacial score (nSPS) is 11.6. The standard InChI is InChI=1S/C22H15F3N2O/c1-14-13-16(21-26-20(27-28-21)15-7-3-2-4-8-15)11-12-17(14)18-9-5-6-10-19(18)22(23,24)25/h2-13H,1H3. The molecule has 0 unspecified atom stereocenters. The average Bonchev–Trinajstić information content (AvgIpc) is 3.18. The van der Waals surface area contributed by atoms with E-state index in [1.165, 1.54) is 12.1 Å². The Morgan fingerprint density at radius 3 is 2.21 bits per heavy atom. The Morgan fingerprint density at radius 2 is 1.50 bits per heavy atom. The Hall–Kier alpha value is -3.41. The molecule has 0 aliphatic heterocycles. The number of hydrogen-bond donors (Lipinski definition) is 0. The van der Waals surface area contributed by atoms with Crippen molar-refractivity contribution in [2.75, 3.05) is 0 Å². The number of halogens is 3. The quantitative estimate of drug-likeness (QED) is 0.413. The van der Waals surface area contributed by atoms with Gasteiger partial charge in [-0.15, -0.1) is 0 Å². The van der Waals surface area contributed by atoms with Crippen LogP contribution in [0.4, 0.5) is 13.2 Å². The van der Waals surface area contributed by atoms with Crippen molar-refractivity contribution in [3.8, 4) is 34.0 Å². The zero-order valence-corrected chi connectivity index (χ0v) is 14.9. The Balaban J connectivity index is 1.72. The van der Waals surface area contributed by atoms with E-state index in [-0.39, 0.29) is 5.56 Å². The van der Waals surface area contributed by atoms with Crippen LogP contribution in [-0.2, 0) is 6.18 Å². The second-order valence-corrected chi connectivity index (χ2v) is 6.36. The second-order valence-electron chi connectivity index (χ2n) is 6.36. The van der Waals surface area contributed by atoms with E-state index in [0.717, 1.165) is 11.6 Å². The fourth-order valence-corrected chi connectivity index (χ4v) is 3.11. The van der Waals surface area contributed by atoms with Gasteiger partial charge in [0.25, 0.3) is 5.89 Å². The summed E-state index contributed by atoms with van der Waals surface area (Å²) < 4.78 is 45.4. The highest BCUT2D eigenvalue weighted by molar-refractivity contribution is 5.74. The lowest BCUT2D eigenvalue weighted by Crippen LogP contribution is -2.07. The Kier molecular flexibility index (Phi) is 4.47. The predicted molar refractivity (Wildman–Crippen MR) is 100 cm³/mol. The van der Waals surface area contributed by atoms with Gasteiger partial charge in [-0.05, 0) is 41.8 Å². The molecule has 0 saturated heterocycles. The van der Waals surface area contributed by atoms with E-state index in [1.807, 2.05) is 30.3 Å². The van der Waals surface area contributed by atoms with E-state index in [9.17, 15) is 13.2 Å². The summed E-state index contributed by atoms with van der Waals surface area (Å²) in [6.45, 7) is 1.76. The molecule has 1 aromatic heterocycles. The third kappa shape index (κ3) is 3.41. The van der Waals surface area contributed by atoms with Crippen LogP contribution < -0.4 is 0 Å². The van der Waals surface area contributed by atoms with Gasteiger partial charge in [0.1, 0.15) is 0 Å². The molecule has 4 aromatic rings. The highest BCUT2D eigenvalue weighted by Crippen LogP contribution is 2.38. The minimum absolute atomic E-state index is 0.148. The Labute approximate surface area is 159 Å². The molecule has 4 rings (SSSR count). The molecule has 140 valence electrons. The zero-order chi connectivity index (χ0) is 19.7. The van der Waals surface area contributed by atoms with Crippen LogP contribution in [0.15, 0.2) is 77.3 Å². The van der Waals surface area contributed by atoms with Gasteiger partial charge in [-0.1, -0.05) is 59.8 Å². The summed E-state index contributed by atoms with van der Waals surface area (Å²) in [5.41, 5.74) is 2.17. The monoisotopic (exact) mass is 380 g/mol. The van der Waals surface area contributed by atoms with Gasteiger partial charge in [-0.3, -0.25) is 0 Å². The largest absolute Gasteiger partial charge is 0.417 e. The van der Waals surface area contributed by atoms with Crippen LogP contribution in [-0.4, -0.2) is 10.1 Å². The highest BCUT2D eigenvalue weighted by atomic mass is 19.4. The molecule has 0 spiro atoms. The molecule has 0 amide bonds. The molecule has 0 aliphatic carbocycles. The number of hydrogen-bond acceptors (Lipinski definition) is 3. The lowest BCUT2D eigenvalue weighted by Gasteiger charge is -2.14. The number of alkyl halides is 3.